The number of pyridine rings is 1. The third-order valence-electron chi connectivity index (χ3n) is 2.74. The van der Waals surface area contributed by atoms with Crippen LogP contribution in [-0.4, -0.2) is 11.5 Å². The van der Waals surface area contributed by atoms with Gasteiger partial charge in [0.1, 0.15) is 0 Å². The summed E-state index contributed by atoms with van der Waals surface area (Å²) in [4.78, 5) is 3.99. The summed E-state index contributed by atoms with van der Waals surface area (Å²) in [5, 5.41) is 2.98. The van der Waals surface area contributed by atoms with E-state index in [1.54, 1.807) is 18.5 Å². The van der Waals surface area contributed by atoms with Gasteiger partial charge >= 0.3 is 6.18 Å². The van der Waals surface area contributed by atoms with E-state index in [1.807, 2.05) is 12.1 Å². The fraction of sp³-hybridized carbons (Fsp3) is 0.214. The molecule has 0 bridgehead atoms. The van der Waals surface area contributed by atoms with E-state index in [2.05, 4.69) is 26.2 Å². The molecule has 0 fully saturated rings. The van der Waals surface area contributed by atoms with Crippen molar-refractivity contribution in [3.63, 3.8) is 0 Å². The van der Waals surface area contributed by atoms with Crippen molar-refractivity contribution >= 4 is 21.6 Å². The van der Waals surface area contributed by atoms with Crippen molar-refractivity contribution in [2.45, 2.75) is 12.6 Å². The molecule has 2 rings (SSSR count). The maximum atomic E-state index is 12.7. The summed E-state index contributed by atoms with van der Waals surface area (Å²) in [6, 6.07) is 7.87. The maximum absolute atomic E-state index is 12.7. The minimum absolute atomic E-state index is 0.0443. The first-order valence-electron chi connectivity index (χ1n) is 5.96. The lowest BCUT2D eigenvalue weighted by atomic mass is 10.2. The standard InChI is InChI=1S/C14H12BrF3N2/c15-13-4-3-11(8-12(13)14(16,17)18)20-7-5-10-2-1-6-19-9-10/h1-4,6,8-9,20H,5,7H2. The maximum Gasteiger partial charge on any atom is 0.417 e. The molecule has 106 valence electrons. The van der Waals surface area contributed by atoms with Crippen LogP contribution >= 0.6 is 15.9 Å². The number of alkyl halides is 3. The van der Waals surface area contributed by atoms with Crippen LogP contribution in [0, 0.1) is 0 Å². The molecular weight excluding hydrogens is 333 g/mol. The summed E-state index contributed by atoms with van der Waals surface area (Å²) in [5.41, 5.74) is 0.807. The monoisotopic (exact) mass is 344 g/mol. The zero-order valence-corrected chi connectivity index (χ0v) is 12.0. The van der Waals surface area contributed by atoms with Crippen LogP contribution in [0.3, 0.4) is 0 Å². The SMILES string of the molecule is FC(F)(F)c1cc(NCCc2cccnc2)ccc1Br. The van der Waals surface area contributed by atoms with Crippen molar-refractivity contribution in [3.05, 3.63) is 58.3 Å². The smallest absolute Gasteiger partial charge is 0.385 e. The van der Waals surface area contributed by atoms with Crippen LogP contribution in [0.25, 0.3) is 0 Å². The molecule has 1 aromatic heterocycles. The Hall–Kier alpha value is -1.56. The van der Waals surface area contributed by atoms with Gasteiger partial charge in [-0.15, -0.1) is 0 Å². The number of halogens is 4. The van der Waals surface area contributed by atoms with E-state index >= 15 is 0 Å². The van der Waals surface area contributed by atoms with Gasteiger partial charge in [0.2, 0.25) is 0 Å². The van der Waals surface area contributed by atoms with Crippen LogP contribution in [0.2, 0.25) is 0 Å². The average molecular weight is 345 g/mol. The highest BCUT2D eigenvalue weighted by atomic mass is 79.9. The van der Waals surface area contributed by atoms with Crippen molar-refractivity contribution in [2.24, 2.45) is 0 Å². The fourth-order valence-corrected chi connectivity index (χ4v) is 2.22. The van der Waals surface area contributed by atoms with Gasteiger partial charge in [0, 0.05) is 29.1 Å². The zero-order chi connectivity index (χ0) is 14.6. The van der Waals surface area contributed by atoms with Crippen molar-refractivity contribution in [1.29, 1.82) is 0 Å². The van der Waals surface area contributed by atoms with E-state index in [0.29, 0.717) is 18.7 Å². The Bertz CT molecular complexity index is 570. The Kier molecular flexibility index (Phi) is 4.65. The average Bonchev–Trinajstić information content (AvgIpc) is 2.40. The Morgan fingerprint density at radius 3 is 2.65 bits per heavy atom. The molecular formula is C14H12BrF3N2. The second-order valence-electron chi connectivity index (χ2n) is 4.23. The molecule has 1 N–H and O–H groups in total. The Labute approximate surface area is 123 Å². The van der Waals surface area contributed by atoms with Crippen LogP contribution in [0.5, 0.6) is 0 Å². The molecule has 0 amide bonds. The number of hydrogen-bond acceptors (Lipinski definition) is 2. The largest absolute Gasteiger partial charge is 0.417 e. The molecule has 0 saturated carbocycles. The molecule has 1 heterocycles. The lowest BCUT2D eigenvalue weighted by Crippen LogP contribution is -2.09. The number of nitrogens with one attached hydrogen (secondary N) is 1. The molecule has 0 saturated heterocycles. The first-order valence-corrected chi connectivity index (χ1v) is 6.75. The van der Waals surface area contributed by atoms with Gasteiger partial charge < -0.3 is 5.32 Å². The number of rotatable bonds is 4. The molecule has 2 nitrogen and oxygen atoms in total. The van der Waals surface area contributed by atoms with Gasteiger partial charge in [0.05, 0.1) is 5.56 Å². The van der Waals surface area contributed by atoms with Crippen molar-refractivity contribution in [3.8, 4) is 0 Å². The van der Waals surface area contributed by atoms with E-state index < -0.39 is 11.7 Å². The lowest BCUT2D eigenvalue weighted by Gasteiger charge is -2.12. The third-order valence-corrected chi connectivity index (χ3v) is 3.43. The quantitative estimate of drug-likeness (QED) is 0.882. The number of anilines is 1. The molecule has 0 spiro atoms. The number of benzene rings is 1. The predicted octanol–water partition coefficient (Wildman–Crippen LogP) is 4.52. The summed E-state index contributed by atoms with van der Waals surface area (Å²) >= 11 is 2.92. The summed E-state index contributed by atoms with van der Waals surface area (Å²) in [7, 11) is 0. The van der Waals surface area contributed by atoms with E-state index in [9.17, 15) is 13.2 Å². The van der Waals surface area contributed by atoms with Crippen LogP contribution in [-0.2, 0) is 12.6 Å². The van der Waals surface area contributed by atoms with Gasteiger partial charge in [-0.25, -0.2) is 0 Å². The van der Waals surface area contributed by atoms with Gasteiger partial charge in [0.25, 0.3) is 0 Å². The van der Waals surface area contributed by atoms with E-state index in [0.717, 1.165) is 11.6 Å². The van der Waals surface area contributed by atoms with Crippen LogP contribution < -0.4 is 5.32 Å². The molecule has 2 aromatic rings. The van der Waals surface area contributed by atoms with Crippen LogP contribution in [0.4, 0.5) is 18.9 Å². The first-order chi connectivity index (χ1) is 9.47. The van der Waals surface area contributed by atoms with Gasteiger partial charge in [-0.2, -0.15) is 13.2 Å². The number of nitrogens with zero attached hydrogens (tertiary/aromatic N) is 1. The van der Waals surface area contributed by atoms with Gasteiger partial charge in [-0.3, -0.25) is 4.98 Å². The Morgan fingerprint density at radius 2 is 2.00 bits per heavy atom. The van der Waals surface area contributed by atoms with Crippen LogP contribution in [0.1, 0.15) is 11.1 Å². The second kappa shape index (κ2) is 6.26. The van der Waals surface area contributed by atoms with Gasteiger partial charge in [0.15, 0.2) is 0 Å². The summed E-state index contributed by atoms with van der Waals surface area (Å²) in [6.45, 7) is 0.546. The molecule has 0 radical (unpaired) electrons. The van der Waals surface area contributed by atoms with Crippen molar-refractivity contribution in [2.75, 3.05) is 11.9 Å². The minimum Gasteiger partial charge on any atom is -0.385 e. The van der Waals surface area contributed by atoms with E-state index in [4.69, 9.17) is 0 Å². The third kappa shape index (κ3) is 3.96. The lowest BCUT2D eigenvalue weighted by molar-refractivity contribution is -0.138. The van der Waals surface area contributed by atoms with Gasteiger partial charge in [-0.05, 0) is 36.2 Å². The topological polar surface area (TPSA) is 24.9 Å². The van der Waals surface area contributed by atoms with Crippen LogP contribution in [0.15, 0.2) is 47.2 Å². The fourth-order valence-electron chi connectivity index (χ4n) is 1.75. The molecule has 0 aliphatic rings. The molecule has 0 aliphatic carbocycles. The highest BCUT2D eigenvalue weighted by molar-refractivity contribution is 9.10. The summed E-state index contributed by atoms with van der Waals surface area (Å²) in [6.07, 6.45) is -0.239. The van der Waals surface area contributed by atoms with E-state index in [-0.39, 0.29) is 4.47 Å². The highest BCUT2D eigenvalue weighted by Gasteiger charge is 2.33. The minimum atomic E-state index is -4.36. The molecule has 20 heavy (non-hydrogen) atoms. The van der Waals surface area contributed by atoms with Crippen molar-refractivity contribution < 1.29 is 13.2 Å². The molecule has 1 aromatic carbocycles. The summed E-state index contributed by atoms with van der Waals surface area (Å²) in [5.74, 6) is 0. The first kappa shape index (κ1) is 14.8. The Morgan fingerprint density at radius 1 is 1.20 bits per heavy atom. The number of aromatic nitrogens is 1. The number of hydrogen-bond donors (Lipinski definition) is 1. The molecule has 0 atom stereocenters. The molecule has 0 aliphatic heterocycles. The van der Waals surface area contributed by atoms with Gasteiger partial charge in [-0.1, -0.05) is 22.0 Å². The van der Waals surface area contributed by atoms with E-state index in [1.165, 1.54) is 6.07 Å². The second-order valence-corrected chi connectivity index (χ2v) is 5.08. The highest BCUT2D eigenvalue weighted by Crippen LogP contribution is 2.36. The normalized spacial score (nSPS) is 11.4. The Balaban J connectivity index is 2.00. The van der Waals surface area contributed by atoms with Crippen molar-refractivity contribution in [1.82, 2.24) is 4.98 Å². The zero-order valence-electron chi connectivity index (χ0n) is 10.4. The molecule has 6 heteroatoms. The predicted molar refractivity (Wildman–Crippen MR) is 75.6 cm³/mol. The molecule has 0 unspecified atom stereocenters. The summed E-state index contributed by atoms with van der Waals surface area (Å²) < 4.78 is 38.3.